The summed E-state index contributed by atoms with van der Waals surface area (Å²) < 4.78 is 29.6. The Hall–Kier alpha value is -0.210. The van der Waals surface area contributed by atoms with Crippen LogP contribution in [-0.2, 0) is 14.8 Å². The van der Waals surface area contributed by atoms with E-state index >= 15 is 0 Å². The van der Waals surface area contributed by atoms with E-state index in [1.807, 2.05) is 0 Å². The number of rotatable bonds is 8. The summed E-state index contributed by atoms with van der Waals surface area (Å²) >= 11 is 0. The molecule has 0 aromatic heterocycles. The second-order valence-corrected chi connectivity index (χ2v) is 7.98. The highest BCUT2D eigenvalue weighted by Crippen LogP contribution is 2.26. The van der Waals surface area contributed by atoms with E-state index in [1.165, 1.54) is 10.6 Å². The van der Waals surface area contributed by atoms with Crippen molar-refractivity contribution in [1.29, 1.82) is 0 Å². The van der Waals surface area contributed by atoms with Gasteiger partial charge in [0, 0.05) is 33.3 Å². The van der Waals surface area contributed by atoms with Gasteiger partial charge in [-0.25, -0.2) is 12.7 Å². The molecule has 0 aliphatic carbocycles. The van der Waals surface area contributed by atoms with E-state index in [2.05, 4.69) is 5.32 Å². The summed E-state index contributed by atoms with van der Waals surface area (Å²) in [4.78, 5) is 0. The molecule has 2 N–H and O–H groups in total. The molecule has 1 rings (SSSR count). The van der Waals surface area contributed by atoms with Crippen LogP contribution < -0.4 is 5.32 Å². The fraction of sp³-hybridized carbons (Fsp3) is 1.00. The fourth-order valence-corrected chi connectivity index (χ4v) is 3.66. The molecular formula is C13H28N2O4S. The van der Waals surface area contributed by atoms with E-state index in [0.717, 1.165) is 12.8 Å². The zero-order valence-electron chi connectivity index (χ0n) is 12.8. The Morgan fingerprint density at radius 1 is 1.50 bits per heavy atom. The predicted molar refractivity (Wildman–Crippen MR) is 79.1 cm³/mol. The SMILES string of the molecule is COCCNCC(C)(O)CC1CCCN(S(C)(=O)=O)C1. The number of aliphatic hydroxyl groups is 1. The maximum atomic E-state index is 11.6. The van der Waals surface area contributed by atoms with Crippen molar-refractivity contribution >= 4 is 10.0 Å². The Morgan fingerprint density at radius 2 is 2.20 bits per heavy atom. The van der Waals surface area contributed by atoms with Gasteiger partial charge >= 0.3 is 0 Å². The van der Waals surface area contributed by atoms with Crippen LogP contribution in [0.3, 0.4) is 0 Å². The maximum absolute atomic E-state index is 11.6. The molecule has 1 saturated heterocycles. The van der Waals surface area contributed by atoms with Crippen LogP contribution in [-0.4, -0.2) is 69.6 Å². The van der Waals surface area contributed by atoms with E-state index in [0.29, 0.717) is 39.2 Å². The van der Waals surface area contributed by atoms with Crippen molar-refractivity contribution in [2.45, 2.75) is 31.8 Å². The van der Waals surface area contributed by atoms with E-state index in [-0.39, 0.29) is 5.92 Å². The topological polar surface area (TPSA) is 78.9 Å². The molecule has 0 bridgehead atoms. The minimum atomic E-state index is -3.12. The molecule has 2 atom stereocenters. The zero-order valence-corrected chi connectivity index (χ0v) is 13.6. The maximum Gasteiger partial charge on any atom is 0.211 e. The second-order valence-electron chi connectivity index (χ2n) is 6.00. The molecule has 1 aliphatic rings. The summed E-state index contributed by atoms with van der Waals surface area (Å²) in [7, 11) is -1.48. The molecule has 6 nitrogen and oxygen atoms in total. The average molecular weight is 308 g/mol. The molecule has 0 aromatic carbocycles. The van der Waals surface area contributed by atoms with E-state index in [9.17, 15) is 13.5 Å². The number of nitrogens with one attached hydrogen (secondary N) is 1. The Morgan fingerprint density at radius 3 is 2.80 bits per heavy atom. The molecule has 0 radical (unpaired) electrons. The van der Waals surface area contributed by atoms with Gasteiger partial charge in [-0.05, 0) is 32.1 Å². The largest absolute Gasteiger partial charge is 0.389 e. The number of hydrogen-bond acceptors (Lipinski definition) is 5. The molecule has 1 aliphatic heterocycles. The predicted octanol–water partition coefficient (Wildman–Crippen LogP) is 0.0351. The molecule has 0 saturated carbocycles. The van der Waals surface area contributed by atoms with Gasteiger partial charge in [-0.1, -0.05) is 0 Å². The van der Waals surface area contributed by atoms with Crippen LogP contribution >= 0.6 is 0 Å². The third kappa shape index (κ3) is 6.49. The number of nitrogens with zero attached hydrogens (tertiary/aromatic N) is 1. The first-order chi connectivity index (χ1) is 9.24. The fourth-order valence-electron chi connectivity index (χ4n) is 2.72. The van der Waals surface area contributed by atoms with Crippen molar-refractivity contribution in [2.24, 2.45) is 5.92 Å². The lowest BCUT2D eigenvalue weighted by molar-refractivity contribution is 0.0241. The quantitative estimate of drug-likeness (QED) is 0.619. The number of piperidine rings is 1. The Labute approximate surface area is 122 Å². The smallest absolute Gasteiger partial charge is 0.211 e. The lowest BCUT2D eigenvalue weighted by atomic mass is 9.87. The summed E-state index contributed by atoms with van der Waals surface area (Å²) in [6, 6.07) is 0. The molecule has 2 unspecified atom stereocenters. The Bertz CT molecular complexity index is 384. The van der Waals surface area contributed by atoms with Crippen LogP contribution in [0.5, 0.6) is 0 Å². The summed E-state index contributed by atoms with van der Waals surface area (Å²) in [5, 5.41) is 13.5. The number of hydrogen-bond donors (Lipinski definition) is 2. The molecule has 0 aromatic rings. The first-order valence-corrected chi connectivity index (χ1v) is 8.96. The summed E-state index contributed by atoms with van der Waals surface area (Å²) in [6.07, 6.45) is 3.70. The van der Waals surface area contributed by atoms with E-state index in [1.54, 1.807) is 14.0 Å². The minimum absolute atomic E-state index is 0.220. The Kier molecular flexibility index (Phi) is 6.87. The van der Waals surface area contributed by atoms with Crippen LogP contribution in [0, 0.1) is 5.92 Å². The van der Waals surface area contributed by atoms with Gasteiger partial charge in [0.15, 0.2) is 0 Å². The molecule has 0 amide bonds. The molecule has 7 heteroatoms. The van der Waals surface area contributed by atoms with Gasteiger partial charge in [0.25, 0.3) is 0 Å². The van der Waals surface area contributed by atoms with Crippen molar-refractivity contribution in [3.8, 4) is 0 Å². The summed E-state index contributed by atoms with van der Waals surface area (Å²) in [6.45, 7) is 4.72. The van der Waals surface area contributed by atoms with Crippen LogP contribution in [0.2, 0.25) is 0 Å². The van der Waals surface area contributed by atoms with E-state index < -0.39 is 15.6 Å². The van der Waals surface area contributed by atoms with Crippen molar-refractivity contribution in [2.75, 3.05) is 46.2 Å². The molecular weight excluding hydrogens is 280 g/mol. The van der Waals surface area contributed by atoms with Crippen LogP contribution in [0.4, 0.5) is 0 Å². The zero-order chi connectivity index (χ0) is 15.2. The third-order valence-corrected chi connectivity index (χ3v) is 4.94. The summed E-state index contributed by atoms with van der Waals surface area (Å²) in [5.41, 5.74) is -0.821. The van der Waals surface area contributed by atoms with Gasteiger partial charge in [0.2, 0.25) is 10.0 Å². The highest BCUT2D eigenvalue weighted by molar-refractivity contribution is 7.88. The van der Waals surface area contributed by atoms with Gasteiger partial charge < -0.3 is 15.2 Å². The molecule has 1 fully saturated rings. The highest BCUT2D eigenvalue weighted by Gasteiger charge is 2.31. The monoisotopic (exact) mass is 308 g/mol. The second kappa shape index (κ2) is 7.70. The summed E-state index contributed by atoms with van der Waals surface area (Å²) in [5.74, 6) is 0.220. The van der Waals surface area contributed by atoms with Gasteiger partial charge in [0.05, 0.1) is 18.5 Å². The highest BCUT2D eigenvalue weighted by atomic mass is 32.2. The minimum Gasteiger partial charge on any atom is -0.389 e. The van der Waals surface area contributed by atoms with Gasteiger partial charge in [-0.2, -0.15) is 0 Å². The van der Waals surface area contributed by atoms with Crippen molar-refractivity contribution in [3.63, 3.8) is 0 Å². The first-order valence-electron chi connectivity index (χ1n) is 7.12. The lowest BCUT2D eigenvalue weighted by Gasteiger charge is -2.35. The molecule has 0 spiro atoms. The van der Waals surface area contributed by atoms with Crippen LogP contribution in [0.1, 0.15) is 26.2 Å². The van der Waals surface area contributed by atoms with Gasteiger partial charge in [-0.15, -0.1) is 0 Å². The third-order valence-electron chi connectivity index (χ3n) is 3.67. The van der Waals surface area contributed by atoms with Gasteiger partial charge in [0.1, 0.15) is 0 Å². The molecule has 1 heterocycles. The van der Waals surface area contributed by atoms with E-state index in [4.69, 9.17) is 4.74 Å². The normalized spacial score (nSPS) is 24.5. The standard InChI is InChI=1S/C13H28N2O4S/c1-13(16,11-14-6-8-19-2)9-12-5-4-7-15(10-12)20(3,17)18/h12,14,16H,4-11H2,1-3H3. The van der Waals surface area contributed by atoms with Gasteiger partial charge in [-0.3, -0.25) is 0 Å². The van der Waals surface area contributed by atoms with Crippen molar-refractivity contribution in [1.82, 2.24) is 9.62 Å². The molecule has 20 heavy (non-hydrogen) atoms. The van der Waals surface area contributed by atoms with Crippen LogP contribution in [0.25, 0.3) is 0 Å². The van der Waals surface area contributed by atoms with Crippen LogP contribution in [0.15, 0.2) is 0 Å². The lowest BCUT2D eigenvalue weighted by Crippen LogP contribution is -2.45. The first kappa shape index (κ1) is 17.8. The number of ether oxygens (including phenoxy) is 1. The number of methoxy groups -OCH3 is 1. The van der Waals surface area contributed by atoms with Crippen molar-refractivity contribution in [3.05, 3.63) is 0 Å². The average Bonchev–Trinajstić information content (AvgIpc) is 2.33. The number of sulfonamides is 1. The van der Waals surface area contributed by atoms with Crippen molar-refractivity contribution < 1.29 is 18.3 Å². The Balaban J connectivity index is 2.42. The molecule has 120 valence electrons.